The van der Waals surface area contributed by atoms with Gasteiger partial charge in [0.1, 0.15) is 17.1 Å². The van der Waals surface area contributed by atoms with E-state index < -0.39 is 22.8 Å². The van der Waals surface area contributed by atoms with Crippen molar-refractivity contribution < 1.29 is 14.7 Å². The third-order valence-corrected chi connectivity index (χ3v) is 3.22. The van der Waals surface area contributed by atoms with E-state index in [1.165, 1.54) is 36.7 Å². The fourth-order valence-electron chi connectivity index (χ4n) is 2.10. The molecule has 0 unspecified atom stereocenters. The maximum atomic E-state index is 12.2. The zero-order valence-electron chi connectivity index (χ0n) is 12.0. The molecule has 0 spiro atoms. The summed E-state index contributed by atoms with van der Waals surface area (Å²) >= 11 is 0. The van der Waals surface area contributed by atoms with E-state index in [4.69, 9.17) is 5.26 Å². The first-order valence-corrected chi connectivity index (χ1v) is 6.40. The van der Waals surface area contributed by atoms with Crippen molar-refractivity contribution in [3.05, 3.63) is 39.7 Å². The molecule has 1 aromatic carbocycles. The number of aryl methyl sites for hydroxylation is 1. The molecule has 1 aromatic heterocycles. The topological polar surface area (TPSA) is 112 Å². The second-order valence-electron chi connectivity index (χ2n) is 4.82. The van der Waals surface area contributed by atoms with Gasteiger partial charge in [0, 0.05) is 12.4 Å². The van der Waals surface area contributed by atoms with E-state index in [9.17, 15) is 19.5 Å². The van der Waals surface area contributed by atoms with Gasteiger partial charge in [-0.1, -0.05) is 0 Å². The number of hydrogen-bond acceptors (Lipinski definition) is 5. The second kappa shape index (κ2) is 5.69. The van der Waals surface area contributed by atoms with Crippen molar-refractivity contribution >= 4 is 22.6 Å². The lowest BCUT2D eigenvalue weighted by molar-refractivity contribution is -0.116. The minimum absolute atomic E-state index is 0.217. The van der Waals surface area contributed by atoms with Crippen molar-refractivity contribution in [2.75, 3.05) is 6.54 Å². The molecule has 7 heteroatoms. The zero-order valence-corrected chi connectivity index (χ0v) is 12.0. The Hall–Kier alpha value is -3.14. The first-order valence-electron chi connectivity index (χ1n) is 6.40. The lowest BCUT2D eigenvalue weighted by Gasteiger charge is -2.11. The molecule has 0 saturated heterocycles. The highest BCUT2D eigenvalue weighted by molar-refractivity contribution is 6.03. The van der Waals surface area contributed by atoms with E-state index in [1.54, 1.807) is 0 Å². The van der Waals surface area contributed by atoms with Crippen LogP contribution in [0.3, 0.4) is 0 Å². The van der Waals surface area contributed by atoms with Gasteiger partial charge in [-0.05, 0) is 25.1 Å². The van der Waals surface area contributed by atoms with Gasteiger partial charge in [0.2, 0.25) is 0 Å². The van der Waals surface area contributed by atoms with Gasteiger partial charge in [0.15, 0.2) is 0 Å². The summed E-state index contributed by atoms with van der Waals surface area (Å²) in [6.07, 6.45) is 0. The molecule has 0 fully saturated rings. The summed E-state index contributed by atoms with van der Waals surface area (Å²) in [5.41, 5.74) is -0.455. The fraction of sp³-hybridized carbons (Fsp3) is 0.200. The number of hydrogen-bond donors (Lipinski definition) is 2. The summed E-state index contributed by atoms with van der Waals surface area (Å²) in [4.78, 5) is 35.2. The van der Waals surface area contributed by atoms with Crippen LogP contribution in [0.5, 0.6) is 5.75 Å². The summed E-state index contributed by atoms with van der Waals surface area (Å²) in [5.74, 6) is -1.62. The van der Waals surface area contributed by atoms with Crippen molar-refractivity contribution in [3.8, 4) is 11.8 Å². The zero-order chi connectivity index (χ0) is 16.4. The van der Waals surface area contributed by atoms with Crippen molar-refractivity contribution in [3.63, 3.8) is 0 Å². The molecule has 0 aliphatic rings. The van der Waals surface area contributed by atoms with E-state index in [1.807, 2.05) is 6.07 Å². The van der Waals surface area contributed by atoms with Gasteiger partial charge >= 0.3 is 0 Å². The van der Waals surface area contributed by atoms with Crippen molar-refractivity contribution in [1.29, 1.82) is 5.26 Å². The van der Waals surface area contributed by atoms with Gasteiger partial charge in [-0.2, -0.15) is 5.26 Å². The Labute approximate surface area is 125 Å². The molecule has 1 heterocycles. The summed E-state index contributed by atoms with van der Waals surface area (Å²) in [6, 6.07) is 6.35. The van der Waals surface area contributed by atoms with Gasteiger partial charge in [-0.3, -0.25) is 14.4 Å². The molecule has 1 amide bonds. The number of Topliss-reactive ketones (excluding diaryl/α,β-unsaturated/α-hetero) is 1. The van der Waals surface area contributed by atoms with Crippen LogP contribution in [0.25, 0.3) is 10.9 Å². The van der Waals surface area contributed by atoms with E-state index in [0.717, 1.165) is 0 Å². The molecule has 0 saturated carbocycles. The highest BCUT2D eigenvalue weighted by Gasteiger charge is 2.21. The lowest BCUT2D eigenvalue weighted by atomic mass is 10.1. The third kappa shape index (κ3) is 2.54. The van der Waals surface area contributed by atoms with Crippen LogP contribution in [0, 0.1) is 11.3 Å². The minimum atomic E-state index is -0.836. The predicted octanol–water partition coefficient (Wildman–Crippen LogP) is 0.435. The Kier molecular flexibility index (Phi) is 3.95. The molecular weight excluding hydrogens is 286 g/mol. The average molecular weight is 299 g/mol. The van der Waals surface area contributed by atoms with Gasteiger partial charge < -0.3 is 15.0 Å². The maximum Gasteiger partial charge on any atom is 0.267 e. The molecule has 112 valence electrons. The number of carbonyl (C=O) groups is 2. The minimum Gasteiger partial charge on any atom is -0.506 e. The number of aromatic nitrogens is 1. The van der Waals surface area contributed by atoms with Crippen molar-refractivity contribution in [2.45, 2.75) is 6.92 Å². The van der Waals surface area contributed by atoms with Crippen LogP contribution in [-0.2, 0) is 11.8 Å². The fourth-order valence-corrected chi connectivity index (χ4v) is 2.10. The Bertz CT molecular complexity index is 890. The van der Waals surface area contributed by atoms with Crippen LogP contribution >= 0.6 is 0 Å². The standard InChI is InChI=1S/C15H13N3O4/c1-8(19)7-17-14(21)12-13(20)10-5-9(6-16)3-4-11(10)18(2)15(12)22/h3-5,20H,7H2,1-2H3,(H,17,21). The molecule has 0 atom stereocenters. The number of carbonyl (C=O) groups excluding carboxylic acids is 2. The van der Waals surface area contributed by atoms with Crippen molar-refractivity contribution in [1.82, 2.24) is 9.88 Å². The maximum absolute atomic E-state index is 12.2. The number of rotatable bonds is 3. The molecule has 7 nitrogen and oxygen atoms in total. The molecule has 2 aromatic rings. The van der Waals surface area contributed by atoms with Crippen LogP contribution < -0.4 is 10.9 Å². The van der Waals surface area contributed by atoms with Gasteiger partial charge in [0.05, 0.1) is 23.7 Å². The number of nitriles is 1. The molecule has 0 aliphatic heterocycles. The van der Waals surface area contributed by atoms with Gasteiger partial charge in [-0.25, -0.2) is 0 Å². The molecule has 0 radical (unpaired) electrons. The Morgan fingerprint density at radius 3 is 2.68 bits per heavy atom. The van der Waals surface area contributed by atoms with E-state index in [-0.39, 0.29) is 23.3 Å². The van der Waals surface area contributed by atoms with E-state index in [0.29, 0.717) is 5.52 Å². The van der Waals surface area contributed by atoms with Crippen LogP contribution in [0.15, 0.2) is 23.0 Å². The predicted molar refractivity (Wildman–Crippen MR) is 78.6 cm³/mol. The molecule has 2 rings (SSSR count). The molecule has 0 aliphatic carbocycles. The highest BCUT2D eigenvalue weighted by atomic mass is 16.3. The number of pyridine rings is 1. The largest absolute Gasteiger partial charge is 0.506 e. The second-order valence-corrected chi connectivity index (χ2v) is 4.82. The van der Waals surface area contributed by atoms with Crippen LogP contribution in [0.2, 0.25) is 0 Å². The Morgan fingerprint density at radius 2 is 2.09 bits per heavy atom. The quantitative estimate of drug-likeness (QED) is 0.853. The van der Waals surface area contributed by atoms with Gasteiger partial charge in [0.25, 0.3) is 11.5 Å². The number of benzene rings is 1. The van der Waals surface area contributed by atoms with E-state index in [2.05, 4.69) is 5.32 Å². The first-order chi connectivity index (χ1) is 10.4. The normalized spacial score (nSPS) is 10.2. The Balaban J connectivity index is 2.69. The number of nitrogens with one attached hydrogen (secondary N) is 1. The highest BCUT2D eigenvalue weighted by Crippen LogP contribution is 2.26. The van der Waals surface area contributed by atoms with Crippen LogP contribution in [0.4, 0.5) is 0 Å². The van der Waals surface area contributed by atoms with Crippen LogP contribution in [0.1, 0.15) is 22.8 Å². The number of nitrogens with zero attached hydrogens (tertiary/aromatic N) is 2. The van der Waals surface area contributed by atoms with Gasteiger partial charge in [-0.15, -0.1) is 0 Å². The number of amides is 1. The number of fused-ring (bicyclic) bond motifs is 1. The summed E-state index contributed by atoms with van der Waals surface area (Å²) < 4.78 is 1.21. The summed E-state index contributed by atoms with van der Waals surface area (Å²) in [5, 5.41) is 21.7. The SMILES string of the molecule is CC(=O)CNC(=O)c1c(O)c2cc(C#N)ccc2n(C)c1=O. The Morgan fingerprint density at radius 1 is 1.41 bits per heavy atom. The molecule has 22 heavy (non-hydrogen) atoms. The summed E-state index contributed by atoms with van der Waals surface area (Å²) in [7, 11) is 1.46. The average Bonchev–Trinajstić information content (AvgIpc) is 2.50. The lowest BCUT2D eigenvalue weighted by Crippen LogP contribution is -2.34. The smallest absolute Gasteiger partial charge is 0.267 e. The third-order valence-electron chi connectivity index (χ3n) is 3.22. The monoisotopic (exact) mass is 299 g/mol. The van der Waals surface area contributed by atoms with Crippen LogP contribution in [-0.4, -0.2) is 27.9 Å². The van der Waals surface area contributed by atoms with E-state index >= 15 is 0 Å². The first kappa shape index (κ1) is 15.3. The summed E-state index contributed by atoms with van der Waals surface area (Å²) in [6.45, 7) is 1.05. The number of aromatic hydroxyl groups is 1. The molecular formula is C15H13N3O4. The number of ketones is 1. The molecule has 0 bridgehead atoms. The molecule has 2 N–H and O–H groups in total. The van der Waals surface area contributed by atoms with Crippen molar-refractivity contribution in [2.24, 2.45) is 7.05 Å².